The van der Waals surface area contributed by atoms with Crippen LogP contribution < -0.4 is 14.4 Å². The summed E-state index contributed by atoms with van der Waals surface area (Å²) < 4.78 is 33.4. The normalized spacial score (nSPS) is 14.1. The van der Waals surface area contributed by atoms with Crippen molar-refractivity contribution >= 4 is 27.3 Å². The van der Waals surface area contributed by atoms with Crippen LogP contribution >= 0.6 is 0 Å². The topological polar surface area (TPSA) is 75.7 Å². The first kappa shape index (κ1) is 21.2. The van der Waals surface area contributed by atoms with Gasteiger partial charge >= 0.3 is 0 Å². The number of aryl methyl sites for hydroxylation is 1. The first-order valence-corrected chi connectivity index (χ1v) is 11.5. The maximum absolute atomic E-state index is 12.7. The predicted molar refractivity (Wildman–Crippen MR) is 115 cm³/mol. The van der Waals surface area contributed by atoms with Crippen molar-refractivity contribution in [2.45, 2.75) is 44.9 Å². The lowest BCUT2D eigenvalue weighted by atomic mass is 9.99. The molecule has 1 aliphatic rings. The number of amides is 1. The number of rotatable bonds is 8. The van der Waals surface area contributed by atoms with Crippen LogP contribution in [0.25, 0.3) is 0 Å². The summed E-state index contributed by atoms with van der Waals surface area (Å²) in [4.78, 5) is 14.3. The SMILES string of the molecule is CCOc1ccc(S(=O)(=O)Nc2ccc3c(c2)CCC(=O)N3CCC(C)C)cc1. The van der Waals surface area contributed by atoms with Crippen molar-refractivity contribution < 1.29 is 17.9 Å². The van der Waals surface area contributed by atoms with Gasteiger partial charge in [-0.1, -0.05) is 13.8 Å². The Labute approximate surface area is 172 Å². The number of ether oxygens (including phenoxy) is 1. The molecular weight excluding hydrogens is 388 g/mol. The van der Waals surface area contributed by atoms with E-state index in [0.717, 1.165) is 17.7 Å². The van der Waals surface area contributed by atoms with Crippen LogP contribution in [-0.4, -0.2) is 27.5 Å². The Morgan fingerprint density at radius 3 is 2.48 bits per heavy atom. The van der Waals surface area contributed by atoms with Gasteiger partial charge in [-0.05, 0) is 73.7 Å². The molecule has 0 fully saturated rings. The molecule has 2 aromatic carbocycles. The Morgan fingerprint density at radius 1 is 1.10 bits per heavy atom. The number of nitrogens with zero attached hydrogens (tertiary/aromatic N) is 1. The zero-order valence-corrected chi connectivity index (χ0v) is 18.0. The second-order valence-corrected chi connectivity index (χ2v) is 9.26. The molecule has 0 spiro atoms. The molecular formula is C22H28N2O4S. The molecule has 1 aliphatic heterocycles. The maximum Gasteiger partial charge on any atom is 0.261 e. The molecule has 7 heteroatoms. The van der Waals surface area contributed by atoms with E-state index in [1.165, 1.54) is 12.1 Å². The highest BCUT2D eigenvalue weighted by Crippen LogP contribution is 2.31. The first-order chi connectivity index (χ1) is 13.8. The fraction of sp³-hybridized carbons (Fsp3) is 0.409. The van der Waals surface area contributed by atoms with Crippen LogP contribution in [0.4, 0.5) is 11.4 Å². The van der Waals surface area contributed by atoms with Gasteiger partial charge in [0.1, 0.15) is 5.75 Å². The van der Waals surface area contributed by atoms with E-state index in [0.29, 0.717) is 43.3 Å². The zero-order chi connectivity index (χ0) is 21.0. The molecule has 0 unspecified atom stereocenters. The molecule has 1 heterocycles. The summed E-state index contributed by atoms with van der Waals surface area (Å²) in [5, 5.41) is 0. The predicted octanol–water partition coefficient (Wildman–Crippen LogP) is 4.21. The molecule has 0 aromatic heterocycles. The van der Waals surface area contributed by atoms with Gasteiger partial charge in [0.25, 0.3) is 10.0 Å². The van der Waals surface area contributed by atoms with Gasteiger partial charge in [-0.25, -0.2) is 8.42 Å². The number of benzene rings is 2. The molecule has 156 valence electrons. The van der Waals surface area contributed by atoms with Gasteiger partial charge in [0.05, 0.1) is 11.5 Å². The second kappa shape index (κ2) is 8.86. The summed E-state index contributed by atoms with van der Waals surface area (Å²) in [6.07, 6.45) is 1.99. The maximum atomic E-state index is 12.7. The monoisotopic (exact) mass is 416 g/mol. The molecule has 1 N–H and O–H groups in total. The van der Waals surface area contributed by atoms with E-state index >= 15 is 0 Å². The molecule has 1 amide bonds. The molecule has 0 atom stereocenters. The average Bonchev–Trinajstić information content (AvgIpc) is 2.67. The van der Waals surface area contributed by atoms with Crippen molar-refractivity contribution in [1.29, 1.82) is 0 Å². The fourth-order valence-corrected chi connectivity index (χ4v) is 4.40. The number of carbonyl (C=O) groups is 1. The minimum atomic E-state index is -3.70. The standard InChI is InChI=1S/C22H28N2O4S/c1-4-28-19-7-9-20(10-8-19)29(26,27)23-18-6-11-21-17(15-18)5-12-22(25)24(21)14-13-16(2)3/h6-11,15-16,23H,4-5,12-14H2,1-3H3. The number of hydrogen-bond donors (Lipinski definition) is 1. The summed E-state index contributed by atoms with van der Waals surface area (Å²) in [7, 11) is -3.70. The number of fused-ring (bicyclic) bond motifs is 1. The highest BCUT2D eigenvalue weighted by molar-refractivity contribution is 7.92. The van der Waals surface area contributed by atoms with E-state index in [1.54, 1.807) is 18.2 Å². The van der Waals surface area contributed by atoms with Crippen molar-refractivity contribution in [3.63, 3.8) is 0 Å². The Morgan fingerprint density at radius 2 is 1.83 bits per heavy atom. The number of nitrogens with one attached hydrogen (secondary N) is 1. The van der Waals surface area contributed by atoms with E-state index in [2.05, 4.69) is 18.6 Å². The van der Waals surface area contributed by atoms with E-state index in [9.17, 15) is 13.2 Å². The highest BCUT2D eigenvalue weighted by Gasteiger charge is 2.25. The lowest BCUT2D eigenvalue weighted by molar-refractivity contribution is -0.118. The van der Waals surface area contributed by atoms with Crippen LogP contribution in [0.2, 0.25) is 0 Å². The Hall–Kier alpha value is -2.54. The van der Waals surface area contributed by atoms with Gasteiger partial charge in [0.15, 0.2) is 0 Å². The van der Waals surface area contributed by atoms with Gasteiger partial charge in [0, 0.05) is 24.3 Å². The first-order valence-electron chi connectivity index (χ1n) is 9.99. The number of sulfonamides is 1. The van der Waals surface area contributed by atoms with Gasteiger partial charge in [-0.3, -0.25) is 9.52 Å². The molecule has 0 radical (unpaired) electrons. The lowest BCUT2D eigenvalue weighted by Crippen LogP contribution is -2.36. The average molecular weight is 417 g/mol. The second-order valence-electron chi connectivity index (χ2n) is 7.58. The molecule has 0 saturated heterocycles. The Bertz CT molecular complexity index is 969. The van der Waals surface area contributed by atoms with Crippen LogP contribution in [0.15, 0.2) is 47.4 Å². The summed E-state index contributed by atoms with van der Waals surface area (Å²) in [5.74, 6) is 1.26. The smallest absolute Gasteiger partial charge is 0.261 e. The van der Waals surface area contributed by atoms with Gasteiger partial charge in [-0.15, -0.1) is 0 Å². The third-order valence-corrected chi connectivity index (χ3v) is 6.30. The largest absolute Gasteiger partial charge is 0.494 e. The van der Waals surface area contributed by atoms with Crippen LogP contribution in [-0.2, 0) is 21.2 Å². The minimum Gasteiger partial charge on any atom is -0.494 e. The number of hydrogen-bond acceptors (Lipinski definition) is 4. The number of carbonyl (C=O) groups excluding carboxylic acids is 1. The van der Waals surface area contributed by atoms with Gasteiger partial charge < -0.3 is 9.64 Å². The van der Waals surface area contributed by atoms with E-state index in [4.69, 9.17) is 4.74 Å². The molecule has 29 heavy (non-hydrogen) atoms. The molecule has 0 saturated carbocycles. The van der Waals surface area contributed by atoms with Crippen LogP contribution in [0.3, 0.4) is 0 Å². The summed E-state index contributed by atoms with van der Waals surface area (Å²) in [6, 6.07) is 11.7. The van der Waals surface area contributed by atoms with Crippen molar-refractivity contribution in [2.75, 3.05) is 22.8 Å². The third-order valence-electron chi connectivity index (χ3n) is 4.91. The van der Waals surface area contributed by atoms with Crippen molar-refractivity contribution in [1.82, 2.24) is 0 Å². The summed E-state index contributed by atoms with van der Waals surface area (Å²) in [6.45, 7) is 7.35. The van der Waals surface area contributed by atoms with E-state index in [-0.39, 0.29) is 10.8 Å². The fourth-order valence-electron chi connectivity index (χ4n) is 3.35. The van der Waals surface area contributed by atoms with E-state index in [1.807, 2.05) is 24.0 Å². The van der Waals surface area contributed by atoms with Crippen molar-refractivity contribution in [3.05, 3.63) is 48.0 Å². The van der Waals surface area contributed by atoms with Crippen LogP contribution in [0.5, 0.6) is 5.75 Å². The third kappa shape index (κ3) is 5.09. The summed E-state index contributed by atoms with van der Waals surface area (Å²) in [5.41, 5.74) is 2.36. The molecule has 6 nitrogen and oxygen atoms in total. The lowest BCUT2D eigenvalue weighted by Gasteiger charge is -2.30. The molecule has 0 aliphatic carbocycles. The zero-order valence-electron chi connectivity index (χ0n) is 17.1. The Kier molecular flexibility index (Phi) is 6.47. The quantitative estimate of drug-likeness (QED) is 0.699. The highest BCUT2D eigenvalue weighted by atomic mass is 32.2. The molecule has 3 rings (SSSR count). The van der Waals surface area contributed by atoms with E-state index < -0.39 is 10.0 Å². The minimum absolute atomic E-state index is 0.126. The number of anilines is 2. The van der Waals surface area contributed by atoms with Crippen LogP contribution in [0, 0.1) is 5.92 Å². The van der Waals surface area contributed by atoms with Crippen LogP contribution in [0.1, 0.15) is 39.2 Å². The van der Waals surface area contributed by atoms with Crippen molar-refractivity contribution in [2.24, 2.45) is 5.92 Å². The molecule has 0 bridgehead atoms. The molecule has 2 aromatic rings. The Balaban J connectivity index is 1.79. The van der Waals surface area contributed by atoms with Gasteiger partial charge in [-0.2, -0.15) is 0 Å². The van der Waals surface area contributed by atoms with Crippen molar-refractivity contribution in [3.8, 4) is 5.75 Å². The van der Waals surface area contributed by atoms with Gasteiger partial charge in [0.2, 0.25) is 5.91 Å². The summed E-state index contributed by atoms with van der Waals surface area (Å²) >= 11 is 0.